The van der Waals surface area contributed by atoms with E-state index in [1.54, 1.807) is 7.17 Å². The highest BCUT2D eigenvalue weighted by molar-refractivity contribution is 7.12. The predicted molar refractivity (Wildman–Crippen MR) is 49.9 cm³/mol. The molecule has 63 valence electrons. The summed E-state index contributed by atoms with van der Waals surface area (Å²) in [6, 6.07) is 0. The maximum atomic E-state index is 8.86. The van der Waals surface area contributed by atoms with Gasteiger partial charge in [0.25, 0.3) is 0 Å². The van der Waals surface area contributed by atoms with Crippen molar-refractivity contribution in [2.75, 3.05) is 13.0 Å². The quantitative estimate of drug-likeness (QED) is 0.538. The molecule has 0 aromatic heterocycles. The van der Waals surface area contributed by atoms with Crippen molar-refractivity contribution in [3.8, 4) is 0 Å². The van der Waals surface area contributed by atoms with E-state index < -0.39 is 0 Å². The van der Waals surface area contributed by atoms with Crippen molar-refractivity contribution in [2.45, 2.75) is 26.6 Å². The van der Waals surface area contributed by atoms with E-state index in [0.29, 0.717) is 5.92 Å². The molecule has 0 saturated heterocycles. The van der Waals surface area contributed by atoms with E-state index in [9.17, 15) is 0 Å². The lowest BCUT2D eigenvalue weighted by molar-refractivity contribution is 0.357. The Bertz CT molecular complexity index is 90.5. The van der Waals surface area contributed by atoms with Crippen molar-refractivity contribution >= 4 is 13.8 Å². The summed E-state index contributed by atoms with van der Waals surface area (Å²) >= 11 is 0. The number of hydrogen-bond donors (Lipinski definition) is 2. The molecule has 11 heavy (non-hydrogen) atoms. The van der Waals surface area contributed by atoms with Crippen LogP contribution in [0.2, 0.25) is 6.32 Å². The molecular formula is C7H17B2O2. The third-order valence-corrected chi connectivity index (χ3v) is 2.08. The molecule has 4 heteroatoms. The van der Waals surface area contributed by atoms with Gasteiger partial charge in [-0.25, -0.2) is 0 Å². The summed E-state index contributed by atoms with van der Waals surface area (Å²) in [7, 11) is 1.77. The summed E-state index contributed by atoms with van der Waals surface area (Å²) in [5.74, 6) is 0.634. The fourth-order valence-corrected chi connectivity index (χ4v) is 1.08. The second-order valence-electron chi connectivity index (χ2n) is 3.11. The molecule has 0 aliphatic rings. The number of aliphatic hydroxyl groups is 2. The maximum Gasteiger partial charge on any atom is 0.136 e. The minimum atomic E-state index is 0.0711. The molecule has 0 amide bonds. The summed E-state index contributed by atoms with van der Waals surface area (Å²) in [4.78, 5) is 0. The van der Waals surface area contributed by atoms with Gasteiger partial charge < -0.3 is 10.2 Å². The van der Waals surface area contributed by atoms with Gasteiger partial charge in [-0.1, -0.05) is 32.5 Å². The van der Waals surface area contributed by atoms with Crippen molar-refractivity contribution in [3.63, 3.8) is 0 Å². The second kappa shape index (κ2) is 6.74. The Kier molecular flexibility index (Phi) is 6.77. The van der Waals surface area contributed by atoms with Crippen LogP contribution in [0.15, 0.2) is 0 Å². The third kappa shape index (κ3) is 5.33. The third-order valence-electron chi connectivity index (χ3n) is 2.08. The van der Waals surface area contributed by atoms with Gasteiger partial charge in [0.05, 0.1) is 0 Å². The minimum absolute atomic E-state index is 0.0711. The van der Waals surface area contributed by atoms with Gasteiger partial charge in [0.15, 0.2) is 0 Å². The van der Waals surface area contributed by atoms with Crippen LogP contribution in [0.5, 0.6) is 0 Å². The van der Waals surface area contributed by atoms with E-state index in [0.717, 1.165) is 12.7 Å². The minimum Gasteiger partial charge on any atom is -0.406 e. The molecule has 0 aliphatic carbocycles. The zero-order chi connectivity index (χ0) is 8.69. The lowest BCUT2D eigenvalue weighted by Crippen LogP contribution is -2.31. The average Bonchev–Trinajstić information content (AvgIpc) is 2.03. The summed E-state index contributed by atoms with van der Waals surface area (Å²) in [5, 5.41) is 17.4. The van der Waals surface area contributed by atoms with Crippen LogP contribution < -0.4 is 0 Å². The largest absolute Gasteiger partial charge is 0.406 e. The molecule has 0 bridgehead atoms. The van der Waals surface area contributed by atoms with Crippen LogP contribution in [0.3, 0.4) is 0 Å². The van der Waals surface area contributed by atoms with Crippen LogP contribution in [-0.2, 0) is 0 Å². The molecule has 0 aromatic carbocycles. The molecule has 1 atom stereocenters. The Morgan fingerprint density at radius 2 is 2.09 bits per heavy atom. The van der Waals surface area contributed by atoms with Crippen molar-refractivity contribution in [2.24, 2.45) is 5.92 Å². The van der Waals surface area contributed by atoms with E-state index in [2.05, 4.69) is 13.8 Å². The van der Waals surface area contributed by atoms with E-state index in [1.807, 2.05) is 0 Å². The van der Waals surface area contributed by atoms with E-state index in [1.165, 1.54) is 0 Å². The fourth-order valence-electron chi connectivity index (χ4n) is 1.08. The molecule has 0 heterocycles. The first-order chi connectivity index (χ1) is 5.24. The Balaban J connectivity index is 3.49. The Morgan fingerprint density at radius 3 is 2.45 bits per heavy atom. The zero-order valence-electron chi connectivity index (χ0n) is 7.45. The monoisotopic (exact) mass is 155 g/mol. The molecule has 0 aromatic rings. The van der Waals surface area contributed by atoms with Gasteiger partial charge >= 0.3 is 0 Å². The Labute approximate surface area is 70.3 Å². The van der Waals surface area contributed by atoms with Gasteiger partial charge in [-0.05, 0) is 0 Å². The van der Waals surface area contributed by atoms with Crippen molar-refractivity contribution in [1.82, 2.24) is 0 Å². The van der Waals surface area contributed by atoms with Crippen LogP contribution in [0.25, 0.3) is 0 Å². The fraction of sp³-hybridized carbons (Fsp3) is 1.00. The summed E-state index contributed by atoms with van der Waals surface area (Å²) in [6.07, 6.45) is 2.11. The van der Waals surface area contributed by atoms with Crippen molar-refractivity contribution in [1.29, 1.82) is 0 Å². The van der Waals surface area contributed by atoms with Gasteiger partial charge in [0.1, 0.15) is 13.8 Å². The average molecular weight is 155 g/mol. The molecule has 2 N–H and O–H groups in total. The molecule has 0 fully saturated rings. The number of rotatable bonds is 6. The van der Waals surface area contributed by atoms with Gasteiger partial charge in [-0.2, -0.15) is 0 Å². The summed E-state index contributed by atoms with van der Waals surface area (Å²) < 4.78 is 0. The SMILES string of the molecule is CCC(C)CB([B]CO)CO. The standard InChI is InChI=1S/C7H17B2O2/c1-3-7(2)4-9(6-11)8-5-10/h7,10-11H,3-6H2,1-2H3. The lowest BCUT2D eigenvalue weighted by Gasteiger charge is -2.13. The van der Waals surface area contributed by atoms with E-state index >= 15 is 0 Å². The van der Waals surface area contributed by atoms with Crippen LogP contribution in [-0.4, -0.2) is 37.0 Å². The highest BCUT2D eigenvalue weighted by Gasteiger charge is 2.14. The first kappa shape index (κ1) is 11.0. The lowest BCUT2D eigenvalue weighted by atomic mass is 9.20. The van der Waals surface area contributed by atoms with Crippen LogP contribution >= 0.6 is 0 Å². The first-order valence-corrected chi connectivity index (χ1v) is 4.29. The topological polar surface area (TPSA) is 40.5 Å². The number of aliphatic hydroxyl groups excluding tert-OH is 2. The van der Waals surface area contributed by atoms with Crippen molar-refractivity contribution < 1.29 is 10.2 Å². The molecule has 0 aliphatic heterocycles. The van der Waals surface area contributed by atoms with Crippen molar-refractivity contribution in [3.05, 3.63) is 0 Å². The smallest absolute Gasteiger partial charge is 0.136 e. The predicted octanol–water partition coefficient (Wildman–Crippen LogP) is 0.209. The van der Waals surface area contributed by atoms with Gasteiger partial charge in [0, 0.05) is 13.0 Å². The van der Waals surface area contributed by atoms with Gasteiger partial charge in [-0.3, -0.25) is 0 Å². The normalized spacial score (nSPS) is 12.7. The van der Waals surface area contributed by atoms with Crippen LogP contribution in [0, 0.1) is 5.92 Å². The van der Waals surface area contributed by atoms with Gasteiger partial charge in [0.2, 0.25) is 0 Å². The Morgan fingerprint density at radius 1 is 1.45 bits per heavy atom. The van der Waals surface area contributed by atoms with E-state index in [4.69, 9.17) is 10.2 Å². The van der Waals surface area contributed by atoms with Gasteiger partial charge in [-0.15, -0.1) is 0 Å². The molecule has 0 saturated carbocycles. The molecule has 0 spiro atoms. The van der Waals surface area contributed by atoms with E-state index in [-0.39, 0.29) is 19.6 Å². The zero-order valence-corrected chi connectivity index (χ0v) is 7.45. The molecule has 1 radical (unpaired) electrons. The van der Waals surface area contributed by atoms with Crippen LogP contribution in [0.4, 0.5) is 0 Å². The molecule has 0 rings (SSSR count). The highest BCUT2D eigenvalue weighted by Crippen LogP contribution is 2.09. The highest BCUT2D eigenvalue weighted by atomic mass is 16.3. The molecule has 1 unspecified atom stereocenters. The summed E-state index contributed by atoms with van der Waals surface area (Å²) in [5.41, 5.74) is 0. The first-order valence-electron chi connectivity index (χ1n) is 4.29. The molecule has 2 nitrogen and oxygen atoms in total. The Hall–Kier alpha value is 0.0499. The maximum absolute atomic E-state index is 8.86. The second-order valence-corrected chi connectivity index (χ2v) is 3.11. The molecular weight excluding hydrogens is 138 g/mol. The summed E-state index contributed by atoms with van der Waals surface area (Å²) in [6.45, 7) is 4.70. The number of hydrogen-bond acceptors (Lipinski definition) is 2. The van der Waals surface area contributed by atoms with Crippen LogP contribution in [0.1, 0.15) is 20.3 Å².